The summed E-state index contributed by atoms with van der Waals surface area (Å²) in [6.45, 7) is 1.74. The van der Waals surface area contributed by atoms with Crippen LogP contribution < -0.4 is 10.6 Å². The second-order valence-electron chi connectivity index (χ2n) is 5.11. The molecule has 1 unspecified atom stereocenters. The molecule has 0 amide bonds. The quantitative estimate of drug-likeness (QED) is 0.885. The second kappa shape index (κ2) is 5.54. The van der Waals surface area contributed by atoms with Crippen molar-refractivity contribution in [2.45, 2.75) is 18.9 Å². The third-order valence-corrected chi connectivity index (χ3v) is 4.06. The summed E-state index contributed by atoms with van der Waals surface area (Å²) in [7, 11) is 0. The highest BCUT2D eigenvalue weighted by molar-refractivity contribution is 9.10. The van der Waals surface area contributed by atoms with Crippen molar-refractivity contribution >= 4 is 21.7 Å². The van der Waals surface area contributed by atoms with Crippen molar-refractivity contribution in [3.63, 3.8) is 0 Å². The zero-order chi connectivity index (χ0) is 14.1. The van der Waals surface area contributed by atoms with Crippen molar-refractivity contribution in [2.24, 2.45) is 5.73 Å². The van der Waals surface area contributed by atoms with E-state index >= 15 is 0 Å². The predicted octanol–water partition coefficient (Wildman–Crippen LogP) is 2.91. The first kappa shape index (κ1) is 13.6. The molecule has 0 bridgehead atoms. The van der Waals surface area contributed by atoms with E-state index in [0.717, 1.165) is 36.2 Å². The molecule has 3 N–H and O–H groups in total. The van der Waals surface area contributed by atoms with Crippen molar-refractivity contribution < 1.29 is 4.39 Å². The van der Waals surface area contributed by atoms with Crippen molar-refractivity contribution in [3.8, 4) is 11.3 Å². The van der Waals surface area contributed by atoms with E-state index in [1.807, 2.05) is 6.07 Å². The van der Waals surface area contributed by atoms with Crippen LogP contribution in [-0.2, 0) is 0 Å². The Labute approximate surface area is 125 Å². The van der Waals surface area contributed by atoms with Crippen LogP contribution in [0.25, 0.3) is 11.3 Å². The predicted molar refractivity (Wildman–Crippen MR) is 81.1 cm³/mol. The molecule has 1 aliphatic heterocycles. The van der Waals surface area contributed by atoms with Gasteiger partial charge >= 0.3 is 0 Å². The van der Waals surface area contributed by atoms with Gasteiger partial charge in [-0.25, -0.2) is 4.39 Å². The molecule has 1 atom stereocenters. The van der Waals surface area contributed by atoms with Crippen molar-refractivity contribution in [3.05, 3.63) is 34.6 Å². The number of nitrogens with two attached hydrogens (primary N) is 1. The van der Waals surface area contributed by atoms with E-state index in [9.17, 15) is 4.39 Å². The maximum absolute atomic E-state index is 13.9. The van der Waals surface area contributed by atoms with E-state index in [0.29, 0.717) is 11.3 Å². The molecule has 0 aliphatic carbocycles. The van der Waals surface area contributed by atoms with E-state index in [1.54, 1.807) is 12.1 Å². The lowest BCUT2D eigenvalue weighted by Crippen LogP contribution is -2.43. The number of rotatable bonds is 2. The maximum atomic E-state index is 13.9. The van der Waals surface area contributed by atoms with Gasteiger partial charge in [0.05, 0.1) is 5.69 Å². The van der Waals surface area contributed by atoms with Gasteiger partial charge in [-0.3, -0.25) is 5.10 Å². The molecular weight excluding hydrogens is 323 g/mol. The molecule has 106 valence electrons. The normalized spacial score (nSPS) is 19.4. The number of aromatic nitrogens is 2. The summed E-state index contributed by atoms with van der Waals surface area (Å²) in [5, 5.41) is 7.19. The van der Waals surface area contributed by atoms with Gasteiger partial charge in [-0.15, -0.1) is 0 Å². The Morgan fingerprint density at radius 2 is 2.25 bits per heavy atom. The summed E-state index contributed by atoms with van der Waals surface area (Å²) in [6, 6.07) is 6.93. The van der Waals surface area contributed by atoms with Crippen molar-refractivity contribution in [1.82, 2.24) is 10.2 Å². The van der Waals surface area contributed by atoms with Gasteiger partial charge in [-0.2, -0.15) is 5.10 Å². The number of halogens is 2. The lowest BCUT2D eigenvalue weighted by atomic mass is 10.1. The number of hydrogen-bond donors (Lipinski definition) is 2. The average Bonchev–Trinajstić information content (AvgIpc) is 2.91. The van der Waals surface area contributed by atoms with Crippen LogP contribution in [0.3, 0.4) is 0 Å². The monoisotopic (exact) mass is 338 g/mol. The molecule has 1 saturated heterocycles. The molecule has 2 aromatic rings. The van der Waals surface area contributed by atoms with E-state index in [2.05, 4.69) is 31.0 Å². The number of nitrogens with one attached hydrogen (secondary N) is 1. The highest BCUT2D eigenvalue weighted by atomic mass is 79.9. The Morgan fingerprint density at radius 3 is 3.05 bits per heavy atom. The summed E-state index contributed by atoms with van der Waals surface area (Å²) in [6.07, 6.45) is 2.11. The van der Waals surface area contributed by atoms with Crippen molar-refractivity contribution in [1.29, 1.82) is 0 Å². The SMILES string of the molecule is NC1CCCN(c2cc(-c3cc(Br)ccc3F)[nH]n2)C1. The zero-order valence-electron chi connectivity index (χ0n) is 10.9. The highest BCUT2D eigenvalue weighted by Gasteiger charge is 2.19. The van der Waals surface area contributed by atoms with Gasteiger partial charge < -0.3 is 10.6 Å². The second-order valence-corrected chi connectivity index (χ2v) is 6.03. The fourth-order valence-corrected chi connectivity index (χ4v) is 2.89. The molecule has 0 radical (unpaired) electrons. The van der Waals surface area contributed by atoms with Crippen LogP contribution >= 0.6 is 15.9 Å². The molecule has 2 heterocycles. The first-order chi connectivity index (χ1) is 9.63. The van der Waals surface area contributed by atoms with Crippen LogP contribution in [0, 0.1) is 5.82 Å². The van der Waals surface area contributed by atoms with E-state index < -0.39 is 0 Å². The van der Waals surface area contributed by atoms with Crippen LogP contribution in [-0.4, -0.2) is 29.3 Å². The smallest absolute Gasteiger partial charge is 0.151 e. The minimum Gasteiger partial charge on any atom is -0.354 e. The van der Waals surface area contributed by atoms with Crippen LogP contribution in [0.2, 0.25) is 0 Å². The zero-order valence-corrected chi connectivity index (χ0v) is 12.5. The Bertz CT molecular complexity index is 613. The van der Waals surface area contributed by atoms with Gasteiger partial charge in [0.25, 0.3) is 0 Å². The van der Waals surface area contributed by atoms with Gasteiger partial charge in [0.15, 0.2) is 5.82 Å². The average molecular weight is 339 g/mol. The largest absolute Gasteiger partial charge is 0.354 e. The van der Waals surface area contributed by atoms with Gasteiger partial charge in [0.2, 0.25) is 0 Å². The minimum atomic E-state index is -0.265. The number of benzene rings is 1. The van der Waals surface area contributed by atoms with Crippen LogP contribution in [0.15, 0.2) is 28.7 Å². The molecule has 0 saturated carbocycles. The highest BCUT2D eigenvalue weighted by Crippen LogP contribution is 2.28. The van der Waals surface area contributed by atoms with Gasteiger partial charge in [0, 0.05) is 35.2 Å². The Balaban J connectivity index is 1.88. The van der Waals surface area contributed by atoms with Gasteiger partial charge in [0.1, 0.15) is 5.82 Å². The molecule has 3 rings (SSSR count). The number of anilines is 1. The fraction of sp³-hybridized carbons (Fsp3) is 0.357. The lowest BCUT2D eigenvalue weighted by molar-refractivity contribution is 0.503. The molecule has 1 fully saturated rings. The topological polar surface area (TPSA) is 57.9 Å². The summed E-state index contributed by atoms with van der Waals surface area (Å²) in [4.78, 5) is 2.14. The first-order valence-corrected chi connectivity index (χ1v) is 7.44. The standard InChI is InChI=1S/C14H16BrFN4/c15-9-3-4-12(16)11(6-9)13-7-14(19-18-13)20-5-1-2-10(17)8-20/h3-4,6-7,10H,1-2,5,8,17H2,(H,18,19). The van der Waals surface area contributed by atoms with Crippen LogP contribution in [0.5, 0.6) is 0 Å². The third-order valence-electron chi connectivity index (χ3n) is 3.56. The molecule has 20 heavy (non-hydrogen) atoms. The molecule has 1 aromatic heterocycles. The van der Waals surface area contributed by atoms with E-state index in [4.69, 9.17) is 5.73 Å². The number of aromatic amines is 1. The molecular formula is C14H16BrFN4. The Kier molecular flexibility index (Phi) is 3.76. The lowest BCUT2D eigenvalue weighted by Gasteiger charge is -2.30. The molecule has 0 spiro atoms. The fourth-order valence-electron chi connectivity index (χ4n) is 2.53. The summed E-state index contributed by atoms with van der Waals surface area (Å²) in [5.41, 5.74) is 7.17. The Morgan fingerprint density at radius 1 is 1.40 bits per heavy atom. The summed E-state index contributed by atoms with van der Waals surface area (Å²) >= 11 is 3.36. The van der Waals surface area contributed by atoms with Crippen LogP contribution in [0.1, 0.15) is 12.8 Å². The first-order valence-electron chi connectivity index (χ1n) is 6.65. The minimum absolute atomic E-state index is 0.187. The molecule has 1 aliphatic rings. The summed E-state index contributed by atoms with van der Waals surface area (Å²) in [5.74, 6) is 0.563. The van der Waals surface area contributed by atoms with Gasteiger partial charge in [-0.1, -0.05) is 15.9 Å². The molecule has 4 nitrogen and oxygen atoms in total. The van der Waals surface area contributed by atoms with Crippen LogP contribution in [0.4, 0.5) is 10.2 Å². The number of nitrogens with zero attached hydrogens (tertiary/aromatic N) is 2. The summed E-state index contributed by atoms with van der Waals surface area (Å²) < 4.78 is 14.7. The number of piperidine rings is 1. The van der Waals surface area contributed by atoms with E-state index in [-0.39, 0.29) is 11.9 Å². The third kappa shape index (κ3) is 2.71. The van der Waals surface area contributed by atoms with Gasteiger partial charge in [-0.05, 0) is 31.0 Å². The maximum Gasteiger partial charge on any atom is 0.151 e. The molecule has 1 aromatic carbocycles. The number of H-pyrrole nitrogens is 1. The molecule has 6 heteroatoms. The van der Waals surface area contributed by atoms with E-state index in [1.165, 1.54) is 6.07 Å². The van der Waals surface area contributed by atoms with Crippen molar-refractivity contribution in [2.75, 3.05) is 18.0 Å². The Hall–Kier alpha value is -1.40. The number of hydrogen-bond acceptors (Lipinski definition) is 3.